The molecule has 0 bridgehead atoms. The van der Waals surface area contributed by atoms with Crippen LogP contribution in [0.4, 0.5) is 0 Å². The predicted molar refractivity (Wildman–Crippen MR) is 92.8 cm³/mol. The molecule has 1 aromatic carbocycles. The predicted octanol–water partition coefficient (Wildman–Crippen LogP) is 2.01. The molecule has 4 rings (SSSR count). The minimum absolute atomic E-state index is 0.00944. The number of amides is 2. The zero-order valence-corrected chi connectivity index (χ0v) is 14.5. The molecule has 1 N–H and O–H groups in total. The maximum Gasteiger partial charge on any atom is 0.271 e. The standard InChI is InChI=1S/C19H22N4O2/c1-12-5-3-4-6-15(12)18-16-10-22(19(25)17-7-20-11-21-17)8-14(16)9-23(18)13(2)24/h3-7,11,14,16,18H,8-10H2,1-2H3,(H,20,21)/t14-,16-,18-/m1/s1. The number of benzene rings is 1. The Bertz CT molecular complexity index is 802. The number of nitrogens with one attached hydrogen (secondary N) is 1. The number of hydrogen-bond acceptors (Lipinski definition) is 3. The molecule has 0 saturated carbocycles. The number of aryl methyl sites for hydroxylation is 1. The van der Waals surface area contributed by atoms with E-state index in [9.17, 15) is 9.59 Å². The van der Waals surface area contributed by atoms with Gasteiger partial charge in [-0.1, -0.05) is 24.3 Å². The van der Waals surface area contributed by atoms with Gasteiger partial charge in [0.25, 0.3) is 5.91 Å². The third kappa shape index (κ3) is 2.62. The number of carbonyl (C=O) groups excluding carboxylic acids is 2. The molecule has 6 heteroatoms. The lowest BCUT2D eigenvalue weighted by Gasteiger charge is -2.30. The summed E-state index contributed by atoms with van der Waals surface area (Å²) < 4.78 is 0. The number of aromatic nitrogens is 2. The van der Waals surface area contributed by atoms with Crippen LogP contribution < -0.4 is 0 Å². The molecular formula is C19H22N4O2. The summed E-state index contributed by atoms with van der Waals surface area (Å²) in [4.78, 5) is 35.6. The van der Waals surface area contributed by atoms with Gasteiger partial charge in [-0.25, -0.2) is 4.98 Å². The van der Waals surface area contributed by atoms with Crippen molar-refractivity contribution in [2.24, 2.45) is 11.8 Å². The van der Waals surface area contributed by atoms with E-state index in [1.165, 1.54) is 17.5 Å². The van der Waals surface area contributed by atoms with Crippen LogP contribution in [0.15, 0.2) is 36.8 Å². The minimum atomic E-state index is -0.00944. The van der Waals surface area contributed by atoms with Gasteiger partial charge in [0.1, 0.15) is 5.69 Å². The lowest BCUT2D eigenvalue weighted by atomic mass is 9.87. The normalized spacial score (nSPS) is 25.3. The molecular weight excluding hydrogens is 316 g/mol. The number of nitrogens with zero attached hydrogens (tertiary/aromatic N) is 3. The van der Waals surface area contributed by atoms with Crippen LogP contribution in [0.5, 0.6) is 0 Å². The molecule has 2 fully saturated rings. The number of fused-ring (bicyclic) bond motifs is 1. The van der Waals surface area contributed by atoms with Crippen molar-refractivity contribution in [2.75, 3.05) is 19.6 Å². The van der Waals surface area contributed by atoms with E-state index >= 15 is 0 Å². The van der Waals surface area contributed by atoms with Crippen LogP contribution in [0.1, 0.15) is 34.6 Å². The van der Waals surface area contributed by atoms with E-state index in [1.54, 1.807) is 13.1 Å². The number of imidazole rings is 1. The fourth-order valence-electron chi connectivity index (χ4n) is 4.40. The lowest BCUT2D eigenvalue weighted by molar-refractivity contribution is -0.130. The monoisotopic (exact) mass is 338 g/mol. The summed E-state index contributed by atoms with van der Waals surface area (Å²) in [5.41, 5.74) is 2.91. The highest BCUT2D eigenvalue weighted by atomic mass is 16.2. The van der Waals surface area contributed by atoms with Gasteiger partial charge in [-0.3, -0.25) is 9.59 Å². The second-order valence-electron chi connectivity index (χ2n) is 7.07. The highest BCUT2D eigenvalue weighted by Crippen LogP contribution is 2.45. The summed E-state index contributed by atoms with van der Waals surface area (Å²) in [5.74, 6) is 0.691. The topological polar surface area (TPSA) is 69.3 Å². The van der Waals surface area contributed by atoms with Crippen molar-refractivity contribution in [1.82, 2.24) is 19.8 Å². The molecule has 2 saturated heterocycles. The summed E-state index contributed by atoms with van der Waals surface area (Å²) in [7, 11) is 0. The molecule has 3 atom stereocenters. The first-order valence-electron chi connectivity index (χ1n) is 8.66. The van der Waals surface area contributed by atoms with Crippen LogP contribution >= 0.6 is 0 Å². The smallest absolute Gasteiger partial charge is 0.271 e. The van der Waals surface area contributed by atoms with Gasteiger partial charge in [0, 0.05) is 38.4 Å². The first-order chi connectivity index (χ1) is 12.1. The summed E-state index contributed by atoms with van der Waals surface area (Å²) >= 11 is 0. The second-order valence-corrected chi connectivity index (χ2v) is 7.07. The minimum Gasteiger partial charge on any atom is -0.341 e. The van der Waals surface area contributed by atoms with Gasteiger partial charge in [0.05, 0.1) is 18.6 Å². The Labute approximate surface area is 146 Å². The summed E-state index contributed by atoms with van der Waals surface area (Å²) in [6.07, 6.45) is 3.09. The van der Waals surface area contributed by atoms with Crippen molar-refractivity contribution in [3.8, 4) is 0 Å². The van der Waals surface area contributed by atoms with Gasteiger partial charge < -0.3 is 14.8 Å². The first-order valence-corrected chi connectivity index (χ1v) is 8.66. The van der Waals surface area contributed by atoms with E-state index in [-0.39, 0.29) is 23.8 Å². The van der Waals surface area contributed by atoms with E-state index in [0.29, 0.717) is 31.2 Å². The van der Waals surface area contributed by atoms with Crippen LogP contribution in [-0.2, 0) is 4.79 Å². The number of rotatable bonds is 2. The third-order valence-corrected chi connectivity index (χ3v) is 5.59. The molecule has 1 aromatic heterocycles. The SMILES string of the molecule is CC(=O)N1C[C@H]2CN(C(=O)c3cnc[nH]3)C[C@H]2[C@H]1c1ccccc1C. The van der Waals surface area contributed by atoms with E-state index < -0.39 is 0 Å². The van der Waals surface area contributed by atoms with Gasteiger partial charge >= 0.3 is 0 Å². The van der Waals surface area contributed by atoms with E-state index in [2.05, 4.69) is 29.0 Å². The molecule has 2 aliphatic heterocycles. The molecule has 130 valence electrons. The van der Waals surface area contributed by atoms with E-state index in [0.717, 1.165) is 0 Å². The van der Waals surface area contributed by atoms with Crippen molar-refractivity contribution < 1.29 is 9.59 Å². The molecule has 2 aliphatic rings. The maximum atomic E-state index is 12.6. The van der Waals surface area contributed by atoms with Crippen LogP contribution in [0.25, 0.3) is 0 Å². The van der Waals surface area contributed by atoms with Crippen molar-refractivity contribution in [3.63, 3.8) is 0 Å². The number of aromatic amines is 1. The van der Waals surface area contributed by atoms with Crippen molar-refractivity contribution in [2.45, 2.75) is 19.9 Å². The summed E-state index contributed by atoms with van der Waals surface area (Å²) in [6, 6.07) is 8.28. The van der Waals surface area contributed by atoms with Crippen molar-refractivity contribution in [1.29, 1.82) is 0 Å². The van der Waals surface area contributed by atoms with Crippen LogP contribution in [0, 0.1) is 18.8 Å². The zero-order chi connectivity index (χ0) is 17.6. The van der Waals surface area contributed by atoms with Gasteiger partial charge in [-0.05, 0) is 18.1 Å². The zero-order valence-electron chi connectivity index (χ0n) is 14.5. The summed E-state index contributed by atoms with van der Waals surface area (Å²) in [6.45, 7) is 5.80. The quantitative estimate of drug-likeness (QED) is 0.911. The third-order valence-electron chi connectivity index (χ3n) is 5.59. The molecule has 0 unspecified atom stereocenters. The fourth-order valence-corrected chi connectivity index (χ4v) is 4.40. The molecule has 3 heterocycles. The van der Waals surface area contributed by atoms with Crippen molar-refractivity contribution in [3.05, 3.63) is 53.6 Å². The molecule has 0 radical (unpaired) electrons. The average Bonchev–Trinajstić information content (AvgIpc) is 3.30. The Morgan fingerprint density at radius 3 is 2.68 bits per heavy atom. The first kappa shape index (κ1) is 15.9. The average molecular weight is 338 g/mol. The number of H-pyrrole nitrogens is 1. The van der Waals surface area contributed by atoms with Gasteiger partial charge in [-0.15, -0.1) is 0 Å². The highest BCUT2D eigenvalue weighted by molar-refractivity contribution is 5.92. The van der Waals surface area contributed by atoms with Crippen LogP contribution in [0.2, 0.25) is 0 Å². The molecule has 25 heavy (non-hydrogen) atoms. The largest absolute Gasteiger partial charge is 0.341 e. The van der Waals surface area contributed by atoms with Crippen LogP contribution in [0.3, 0.4) is 0 Å². The summed E-state index contributed by atoms with van der Waals surface area (Å²) in [5, 5.41) is 0. The van der Waals surface area contributed by atoms with Crippen molar-refractivity contribution >= 4 is 11.8 Å². The molecule has 2 aromatic rings. The maximum absolute atomic E-state index is 12.6. The Balaban J connectivity index is 1.63. The highest BCUT2D eigenvalue weighted by Gasteiger charge is 2.49. The Kier molecular flexibility index (Phi) is 3.82. The molecule has 0 aliphatic carbocycles. The second kappa shape index (κ2) is 6.02. The number of hydrogen-bond donors (Lipinski definition) is 1. The Hall–Kier alpha value is -2.63. The van der Waals surface area contributed by atoms with Gasteiger partial charge in [0.2, 0.25) is 5.91 Å². The molecule has 2 amide bonds. The lowest BCUT2D eigenvalue weighted by Crippen LogP contribution is -2.36. The molecule has 0 spiro atoms. The Morgan fingerprint density at radius 1 is 1.20 bits per heavy atom. The number of likely N-dealkylation sites (tertiary alicyclic amines) is 2. The van der Waals surface area contributed by atoms with E-state index in [1.807, 2.05) is 21.9 Å². The van der Waals surface area contributed by atoms with Gasteiger partial charge in [0.15, 0.2) is 0 Å². The van der Waals surface area contributed by atoms with Crippen LogP contribution in [-0.4, -0.2) is 51.2 Å². The van der Waals surface area contributed by atoms with Gasteiger partial charge in [-0.2, -0.15) is 0 Å². The molecule has 6 nitrogen and oxygen atoms in total. The fraction of sp³-hybridized carbons (Fsp3) is 0.421. The Morgan fingerprint density at radius 2 is 2.00 bits per heavy atom. The van der Waals surface area contributed by atoms with E-state index in [4.69, 9.17) is 0 Å². The number of carbonyl (C=O) groups is 2.